The number of aliphatic hydroxyl groups excluding tert-OH is 2. The van der Waals surface area contributed by atoms with Crippen LogP contribution < -0.4 is 35.9 Å². The number of carbonyl (C=O) groups excluding carboxylic acids is 3. The predicted octanol–water partition coefficient (Wildman–Crippen LogP) is 1.17. The number of imidazole rings is 1. The van der Waals surface area contributed by atoms with E-state index in [9.17, 15) is 57.9 Å². The molecule has 6 N–H and O–H groups in total. The minimum atomic E-state index is -5.92. The lowest BCUT2D eigenvalue weighted by molar-refractivity contribution is -0.347. The highest BCUT2D eigenvalue weighted by Crippen LogP contribution is 2.56. The van der Waals surface area contributed by atoms with Crippen LogP contribution in [0.1, 0.15) is 97.6 Å². The van der Waals surface area contributed by atoms with E-state index in [1.54, 1.807) is 0 Å². The fourth-order valence-electron chi connectivity index (χ4n) is 6.07. The Labute approximate surface area is 381 Å². The summed E-state index contributed by atoms with van der Waals surface area (Å²) in [6.07, 6.45) is 11.1. The Bertz CT molecular complexity index is 2050. The number of hydrogen-bond donors (Lipinski definition) is 5. The number of nitrogens with zero attached hydrogens (tertiary/aromatic N) is 4. The normalized spacial score (nSPS) is 20.6. The van der Waals surface area contributed by atoms with Crippen molar-refractivity contribution in [3.05, 3.63) is 37.0 Å². The Morgan fingerprint density at radius 2 is 1.63 bits per heavy atom. The zero-order valence-corrected chi connectivity index (χ0v) is 39.8. The third-order valence-electron chi connectivity index (χ3n) is 9.57. The maximum Gasteiger partial charge on any atom is 0.274 e. The minimum Gasteiger partial charge on any atom is -0.790 e. The van der Waals surface area contributed by atoms with Gasteiger partial charge in [-0.3, -0.25) is 28.1 Å². The van der Waals surface area contributed by atoms with Gasteiger partial charge in [-0.2, -0.15) is 0 Å². The SMILES string of the molecule is CCCCC/C=C\C/C=C\CCCCCC(=O)SCCNC(=O)CCNC(=O)[C@H](O)C(C)(C)COP(=O)([O-])OP(=O)([O-])OC[C@H]1O[C@@H](n2cnc3c(N)ncnc32)[C@H](O)[C@@H]1OP(=O)([O-])[O-]. The number of aliphatic hydroxyl groups is 2. The van der Waals surface area contributed by atoms with Crippen molar-refractivity contribution in [2.75, 3.05) is 37.8 Å². The van der Waals surface area contributed by atoms with Gasteiger partial charge in [-0.05, 0) is 38.5 Å². The second-order valence-corrected chi connectivity index (χ2v) is 20.7. The summed E-state index contributed by atoms with van der Waals surface area (Å²) in [5, 5.41) is 26.4. The molecular formula is C37H58N7O17P3S-4. The molecule has 24 nitrogen and oxygen atoms in total. The Morgan fingerprint density at radius 1 is 0.954 bits per heavy atom. The number of rotatable bonds is 31. The van der Waals surface area contributed by atoms with Crippen LogP contribution in [0.2, 0.25) is 0 Å². The number of nitrogens with two attached hydrogens (primary N) is 1. The number of phosphoric acid groups is 3. The van der Waals surface area contributed by atoms with Crippen molar-refractivity contribution in [3.8, 4) is 0 Å². The number of anilines is 1. The topological polar surface area (TPSA) is 375 Å². The summed E-state index contributed by atoms with van der Waals surface area (Å²) in [6.45, 7) is 2.33. The second-order valence-electron chi connectivity index (χ2n) is 15.5. The maximum atomic E-state index is 12.6. The van der Waals surface area contributed by atoms with Crippen LogP contribution in [-0.4, -0.2) is 103 Å². The molecule has 3 rings (SSSR count). The van der Waals surface area contributed by atoms with Gasteiger partial charge in [-0.15, -0.1) is 0 Å². The van der Waals surface area contributed by atoms with Gasteiger partial charge in [0.1, 0.15) is 36.3 Å². The molecule has 65 heavy (non-hydrogen) atoms. The van der Waals surface area contributed by atoms with E-state index in [0.29, 0.717) is 12.2 Å². The Morgan fingerprint density at radius 3 is 2.31 bits per heavy atom. The molecule has 2 amide bonds. The molecule has 3 heterocycles. The van der Waals surface area contributed by atoms with E-state index in [1.807, 2.05) is 0 Å². The predicted molar refractivity (Wildman–Crippen MR) is 228 cm³/mol. The number of thioether (sulfide) groups is 1. The number of carbonyl (C=O) groups is 3. The Hall–Kier alpha value is -2.96. The number of allylic oxidation sites excluding steroid dienone is 4. The number of ether oxygens (including phenoxy) is 1. The molecule has 0 bridgehead atoms. The van der Waals surface area contributed by atoms with Crippen molar-refractivity contribution in [3.63, 3.8) is 0 Å². The first-order chi connectivity index (χ1) is 30.6. The number of amides is 2. The van der Waals surface area contributed by atoms with Crippen LogP contribution >= 0.6 is 35.2 Å². The molecule has 2 aromatic rings. The molecule has 7 atom stereocenters. The maximum absolute atomic E-state index is 12.6. The third-order valence-corrected chi connectivity index (χ3v) is 13.5. The van der Waals surface area contributed by atoms with E-state index < -0.39 is 84.6 Å². The number of nitrogen functional groups attached to an aromatic ring is 1. The highest BCUT2D eigenvalue weighted by Gasteiger charge is 2.47. The summed E-state index contributed by atoms with van der Waals surface area (Å²) in [6, 6.07) is 0. The van der Waals surface area contributed by atoms with Crippen LogP contribution in [0.25, 0.3) is 11.2 Å². The summed E-state index contributed by atoms with van der Waals surface area (Å²) in [5.74, 6) is -1.16. The quantitative estimate of drug-likeness (QED) is 0.0402. The van der Waals surface area contributed by atoms with E-state index in [-0.39, 0.29) is 41.6 Å². The van der Waals surface area contributed by atoms with Crippen molar-refractivity contribution < 1.29 is 80.5 Å². The lowest BCUT2D eigenvalue weighted by atomic mass is 9.87. The highest BCUT2D eigenvalue weighted by atomic mass is 32.2. The van der Waals surface area contributed by atoms with Crippen molar-refractivity contribution in [2.45, 2.75) is 122 Å². The molecule has 1 fully saturated rings. The average molecular weight is 998 g/mol. The molecule has 2 aromatic heterocycles. The first-order valence-corrected chi connectivity index (χ1v) is 26.2. The van der Waals surface area contributed by atoms with Crippen molar-refractivity contribution in [1.82, 2.24) is 30.2 Å². The van der Waals surface area contributed by atoms with Gasteiger partial charge in [-0.25, -0.2) is 19.3 Å². The van der Waals surface area contributed by atoms with Crippen molar-refractivity contribution >= 4 is 69.1 Å². The van der Waals surface area contributed by atoms with Gasteiger partial charge < -0.3 is 69.0 Å². The molecular weight excluding hydrogens is 939 g/mol. The Balaban J connectivity index is 1.34. The van der Waals surface area contributed by atoms with E-state index in [2.05, 4.69) is 74.7 Å². The molecule has 368 valence electrons. The summed E-state index contributed by atoms with van der Waals surface area (Å²) in [4.78, 5) is 96.7. The van der Waals surface area contributed by atoms with Crippen LogP contribution in [-0.2, 0) is 50.7 Å². The van der Waals surface area contributed by atoms with Gasteiger partial charge in [0, 0.05) is 37.1 Å². The van der Waals surface area contributed by atoms with Crippen molar-refractivity contribution in [1.29, 1.82) is 0 Å². The second kappa shape index (κ2) is 27.1. The van der Waals surface area contributed by atoms with Crippen molar-refractivity contribution in [2.24, 2.45) is 5.41 Å². The summed E-state index contributed by atoms with van der Waals surface area (Å²) < 4.78 is 60.8. The smallest absolute Gasteiger partial charge is 0.274 e. The molecule has 1 aliphatic heterocycles. The first-order valence-electron chi connectivity index (χ1n) is 20.8. The molecule has 28 heteroatoms. The Kier molecular flexibility index (Phi) is 23.5. The van der Waals surface area contributed by atoms with Crippen LogP contribution in [0.15, 0.2) is 37.0 Å². The zero-order valence-electron chi connectivity index (χ0n) is 36.3. The number of unbranched alkanes of at least 4 members (excludes halogenated alkanes) is 6. The fourth-order valence-corrected chi connectivity index (χ4v) is 9.53. The summed E-state index contributed by atoms with van der Waals surface area (Å²) >= 11 is 1.12. The minimum absolute atomic E-state index is 0.0201. The third kappa shape index (κ3) is 20.4. The molecule has 0 aromatic carbocycles. The van der Waals surface area contributed by atoms with Gasteiger partial charge in [-0.1, -0.05) is 76.1 Å². The van der Waals surface area contributed by atoms with Crippen LogP contribution in [0.3, 0.4) is 0 Å². The molecule has 1 aliphatic rings. The standard InChI is InChI=1S/C37H62N7O17P3S/c1-4-5-6-7-8-9-10-11-12-13-14-15-16-17-28(46)65-21-20-39-27(45)18-19-40-35(49)32(48)37(2,3)23-58-64(55,56)61-63(53,54)57-22-26-31(60-62(50,51)52)30(47)36(59-26)44-25-43-29-33(38)41-24-42-34(29)44/h8-9,11-12,24-26,30-32,36,47-48H,4-7,10,13-23H2,1-3H3,(H,39,45)(H,40,49)(H,53,54)(H,55,56)(H2,38,41,42)(H2,50,51,52)/p-4/b9-8-,12-11-/t26-,30-,31-,32+,36-/m1/s1. The van der Waals surface area contributed by atoms with Gasteiger partial charge in [0.05, 0.1) is 27.4 Å². The molecule has 0 aliphatic carbocycles. The van der Waals surface area contributed by atoms with Gasteiger partial charge >= 0.3 is 0 Å². The molecule has 0 radical (unpaired) electrons. The lowest BCUT2D eigenvalue weighted by Crippen LogP contribution is -2.46. The number of fused-ring (bicyclic) bond motifs is 1. The van der Waals surface area contributed by atoms with Gasteiger partial charge in [0.25, 0.3) is 15.6 Å². The monoisotopic (exact) mass is 997 g/mol. The van der Waals surface area contributed by atoms with Crippen LogP contribution in [0.4, 0.5) is 5.82 Å². The van der Waals surface area contributed by atoms with Crippen LogP contribution in [0, 0.1) is 5.41 Å². The van der Waals surface area contributed by atoms with E-state index in [1.165, 1.54) is 33.1 Å². The number of nitrogens with one attached hydrogen (secondary N) is 2. The largest absolute Gasteiger partial charge is 0.790 e. The van der Waals surface area contributed by atoms with E-state index in [0.717, 1.165) is 67.5 Å². The summed E-state index contributed by atoms with van der Waals surface area (Å²) in [7, 11) is -17.6. The summed E-state index contributed by atoms with van der Waals surface area (Å²) in [5.41, 5.74) is 4.08. The first kappa shape index (κ1) is 56.4. The van der Waals surface area contributed by atoms with Gasteiger partial charge in [0.15, 0.2) is 22.8 Å². The fraction of sp³-hybridized carbons (Fsp3) is 0.676. The number of hydrogen-bond acceptors (Lipinski definition) is 22. The molecule has 2 unspecified atom stereocenters. The highest BCUT2D eigenvalue weighted by molar-refractivity contribution is 8.13. The van der Waals surface area contributed by atoms with E-state index >= 15 is 0 Å². The number of phosphoric ester groups is 3. The lowest BCUT2D eigenvalue weighted by Gasteiger charge is -2.36. The molecule has 0 spiro atoms. The number of aromatic nitrogens is 4. The average Bonchev–Trinajstić information content (AvgIpc) is 3.79. The van der Waals surface area contributed by atoms with Gasteiger partial charge in [0.2, 0.25) is 11.8 Å². The molecule has 1 saturated heterocycles. The van der Waals surface area contributed by atoms with E-state index in [4.69, 9.17) is 10.5 Å². The van der Waals surface area contributed by atoms with Crippen LogP contribution in [0.5, 0.6) is 0 Å². The molecule has 0 saturated carbocycles. The zero-order chi connectivity index (χ0) is 48.3.